The van der Waals surface area contributed by atoms with Gasteiger partial charge in [-0.15, -0.1) is 0 Å². The number of nitrogens with one attached hydrogen (secondary N) is 1. The van der Waals surface area contributed by atoms with Gasteiger partial charge >= 0.3 is 0 Å². The molecule has 4 N–H and O–H groups in total. The van der Waals surface area contributed by atoms with Crippen LogP contribution in [0.2, 0.25) is 0 Å². The van der Waals surface area contributed by atoms with Crippen LogP contribution in [-0.2, 0) is 10.0 Å². The molecule has 0 unspecified atom stereocenters. The number of hydrogen-bond acceptors (Lipinski definition) is 5. The van der Waals surface area contributed by atoms with Crippen molar-refractivity contribution in [2.24, 2.45) is 0 Å². The summed E-state index contributed by atoms with van der Waals surface area (Å²) >= 11 is 1.61. The van der Waals surface area contributed by atoms with E-state index in [4.69, 9.17) is 10.8 Å². The van der Waals surface area contributed by atoms with Crippen LogP contribution < -0.4 is 10.5 Å². The number of hydrogen-bond donors (Lipinski definition) is 3. The van der Waals surface area contributed by atoms with Crippen LogP contribution in [0.3, 0.4) is 0 Å². The standard InChI is InChI=1S/C13H22N2O3S2/c1-10-8-12(14)11(2)13(9-10)20(17,18)15-4-7-19-6-3-5-16/h8-9,15-16H,3-7,14H2,1-2H3. The van der Waals surface area contributed by atoms with Crippen molar-refractivity contribution in [2.75, 3.05) is 30.4 Å². The van der Waals surface area contributed by atoms with Gasteiger partial charge in [-0.25, -0.2) is 13.1 Å². The number of thioether (sulfide) groups is 1. The fraction of sp³-hybridized carbons (Fsp3) is 0.538. The van der Waals surface area contributed by atoms with Crippen LogP contribution in [0, 0.1) is 13.8 Å². The normalized spacial score (nSPS) is 11.8. The van der Waals surface area contributed by atoms with E-state index in [1.54, 1.807) is 30.8 Å². The average molecular weight is 318 g/mol. The van der Waals surface area contributed by atoms with Crippen LogP contribution in [0.1, 0.15) is 17.5 Å². The Balaban J connectivity index is 2.65. The SMILES string of the molecule is Cc1cc(N)c(C)c(S(=O)(=O)NCCSCCCO)c1. The summed E-state index contributed by atoms with van der Waals surface area (Å²) in [7, 11) is -3.52. The first-order valence-electron chi connectivity index (χ1n) is 6.43. The summed E-state index contributed by atoms with van der Waals surface area (Å²) in [6.07, 6.45) is 0.727. The third-order valence-corrected chi connectivity index (χ3v) is 5.48. The second-order valence-corrected chi connectivity index (χ2v) is 7.52. The van der Waals surface area contributed by atoms with Crippen molar-refractivity contribution in [3.8, 4) is 0 Å². The predicted molar refractivity (Wildman–Crippen MR) is 84.5 cm³/mol. The van der Waals surface area contributed by atoms with Gasteiger partial charge in [0.25, 0.3) is 0 Å². The quantitative estimate of drug-likeness (QED) is 0.496. The van der Waals surface area contributed by atoms with Gasteiger partial charge < -0.3 is 10.8 Å². The highest BCUT2D eigenvalue weighted by atomic mass is 32.2. The van der Waals surface area contributed by atoms with E-state index in [-0.39, 0.29) is 11.5 Å². The summed E-state index contributed by atoms with van der Waals surface area (Å²) < 4.78 is 27.0. The number of nitrogen functional groups attached to an aromatic ring is 1. The fourth-order valence-electron chi connectivity index (χ4n) is 1.73. The van der Waals surface area contributed by atoms with Crippen LogP contribution in [0.4, 0.5) is 5.69 Å². The third-order valence-electron chi connectivity index (χ3n) is 2.82. The lowest BCUT2D eigenvalue weighted by Gasteiger charge is -2.12. The monoisotopic (exact) mass is 318 g/mol. The Kier molecular flexibility index (Phi) is 6.81. The highest BCUT2D eigenvalue weighted by Crippen LogP contribution is 2.22. The Bertz CT molecular complexity index is 545. The summed E-state index contributed by atoms with van der Waals surface area (Å²) in [5, 5.41) is 8.65. The topological polar surface area (TPSA) is 92.4 Å². The Labute approximate surface area is 125 Å². The Morgan fingerprint density at radius 3 is 2.65 bits per heavy atom. The molecule has 1 rings (SSSR count). The second kappa shape index (κ2) is 7.87. The minimum absolute atomic E-state index is 0.167. The van der Waals surface area contributed by atoms with E-state index in [1.807, 2.05) is 6.92 Å². The van der Waals surface area contributed by atoms with Crippen LogP contribution in [0.5, 0.6) is 0 Å². The van der Waals surface area contributed by atoms with Gasteiger partial charge in [-0.3, -0.25) is 0 Å². The van der Waals surface area contributed by atoms with E-state index in [0.717, 1.165) is 17.7 Å². The first-order valence-corrected chi connectivity index (χ1v) is 9.07. The van der Waals surface area contributed by atoms with Crippen LogP contribution in [0.25, 0.3) is 0 Å². The first-order chi connectivity index (χ1) is 9.38. The molecule has 0 heterocycles. The number of sulfonamides is 1. The fourth-order valence-corrected chi connectivity index (χ4v) is 4.03. The van der Waals surface area contributed by atoms with Crippen molar-refractivity contribution in [3.63, 3.8) is 0 Å². The van der Waals surface area contributed by atoms with E-state index in [2.05, 4.69) is 4.72 Å². The Morgan fingerprint density at radius 1 is 1.30 bits per heavy atom. The Hall–Kier alpha value is -0.760. The zero-order valence-electron chi connectivity index (χ0n) is 11.8. The first kappa shape index (κ1) is 17.3. The van der Waals surface area contributed by atoms with Crippen molar-refractivity contribution >= 4 is 27.5 Å². The molecule has 1 aromatic rings. The zero-order chi connectivity index (χ0) is 15.2. The van der Waals surface area contributed by atoms with Gasteiger partial charge in [-0.05, 0) is 49.3 Å². The van der Waals surface area contributed by atoms with E-state index in [1.165, 1.54) is 0 Å². The zero-order valence-corrected chi connectivity index (χ0v) is 13.5. The number of aryl methyl sites for hydroxylation is 1. The van der Waals surface area contributed by atoms with Crippen molar-refractivity contribution < 1.29 is 13.5 Å². The molecule has 114 valence electrons. The molecule has 0 saturated carbocycles. The van der Waals surface area contributed by atoms with Crippen molar-refractivity contribution in [1.82, 2.24) is 4.72 Å². The maximum absolute atomic E-state index is 12.2. The molecule has 0 aliphatic carbocycles. The molecule has 0 amide bonds. The van der Waals surface area contributed by atoms with Crippen LogP contribution in [-0.4, -0.2) is 38.2 Å². The van der Waals surface area contributed by atoms with Crippen molar-refractivity contribution in [3.05, 3.63) is 23.3 Å². The molecule has 0 bridgehead atoms. The second-order valence-electron chi connectivity index (χ2n) is 4.56. The molecule has 0 aliphatic rings. The minimum Gasteiger partial charge on any atom is -0.398 e. The van der Waals surface area contributed by atoms with Gasteiger partial charge in [-0.2, -0.15) is 11.8 Å². The van der Waals surface area contributed by atoms with Gasteiger partial charge in [0.15, 0.2) is 0 Å². The largest absolute Gasteiger partial charge is 0.398 e. The van der Waals surface area contributed by atoms with E-state index in [0.29, 0.717) is 23.5 Å². The van der Waals surface area contributed by atoms with Gasteiger partial charge in [-0.1, -0.05) is 0 Å². The number of aliphatic hydroxyl groups excluding tert-OH is 1. The van der Waals surface area contributed by atoms with E-state index < -0.39 is 10.0 Å². The molecule has 20 heavy (non-hydrogen) atoms. The Morgan fingerprint density at radius 2 is 2.00 bits per heavy atom. The number of nitrogens with two attached hydrogens (primary N) is 1. The summed E-state index contributed by atoms with van der Waals surface area (Å²) in [5.74, 6) is 1.51. The van der Waals surface area contributed by atoms with Gasteiger partial charge in [0.05, 0.1) is 4.90 Å². The smallest absolute Gasteiger partial charge is 0.240 e. The minimum atomic E-state index is -3.52. The number of rotatable bonds is 8. The van der Waals surface area contributed by atoms with Gasteiger partial charge in [0, 0.05) is 24.6 Å². The molecule has 0 spiro atoms. The summed E-state index contributed by atoms with van der Waals surface area (Å²) in [4.78, 5) is 0.246. The lowest BCUT2D eigenvalue weighted by atomic mass is 10.1. The highest BCUT2D eigenvalue weighted by Gasteiger charge is 2.18. The number of aliphatic hydroxyl groups is 1. The third kappa shape index (κ3) is 4.97. The van der Waals surface area contributed by atoms with Crippen LogP contribution in [0.15, 0.2) is 17.0 Å². The highest BCUT2D eigenvalue weighted by molar-refractivity contribution is 7.99. The lowest BCUT2D eigenvalue weighted by molar-refractivity contribution is 0.296. The summed E-state index contributed by atoms with van der Waals surface area (Å²) in [5.41, 5.74) is 7.70. The molecule has 1 aromatic carbocycles. The maximum Gasteiger partial charge on any atom is 0.240 e. The van der Waals surface area contributed by atoms with Crippen molar-refractivity contribution in [2.45, 2.75) is 25.2 Å². The van der Waals surface area contributed by atoms with Crippen LogP contribution >= 0.6 is 11.8 Å². The molecule has 0 aliphatic heterocycles. The molecular formula is C13H22N2O3S2. The molecule has 0 fully saturated rings. The number of benzene rings is 1. The maximum atomic E-state index is 12.2. The van der Waals surface area contributed by atoms with E-state index in [9.17, 15) is 8.42 Å². The average Bonchev–Trinajstić information content (AvgIpc) is 2.37. The molecular weight excluding hydrogens is 296 g/mol. The predicted octanol–water partition coefficient (Wildman–Crippen LogP) is 1.28. The van der Waals surface area contributed by atoms with Crippen molar-refractivity contribution in [1.29, 1.82) is 0 Å². The molecule has 0 aromatic heterocycles. The van der Waals surface area contributed by atoms with Gasteiger partial charge in [0.2, 0.25) is 10.0 Å². The molecule has 0 radical (unpaired) electrons. The molecule has 5 nitrogen and oxygen atoms in total. The number of anilines is 1. The summed E-state index contributed by atoms with van der Waals surface area (Å²) in [6.45, 7) is 4.06. The van der Waals surface area contributed by atoms with Gasteiger partial charge in [0.1, 0.15) is 0 Å². The molecule has 0 saturated heterocycles. The molecule has 0 atom stereocenters. The van der Waals surface area contributed by atoms with E-state index >= 15 is 0 Å². The summed E-state index contributed by atoms with van der Waals surface area (Å²) in [6, 6.07) is 3.39. The lowest BCUT2D eigenvalue weighted by Crippen LogP contribution is -2.27. The molecule has 7 heteroatoms.